The second-order valence-corrected chi connectivity index (χ2v) is 6.58. The summed E-state index contributed by atoms with van der Waals surface area (Å²) in [5.74, 6) is 1.78. The van der Waals surface area contributed by atoms with Crippen LogP contribution in [0.25, 0.3) is 0 Å². The molecular weight excluding hydrogens is 368 g/mol. The Bertz CT molecular complexity index is 493. The number of benzene rings is 1. The van der Waals surface area contributed by atoms with E-state index < -0.39 is 0 Å². The van der Waals surface area contributed by atoms with Crippen molar-refractivity contribution in [2.45, 2.75) is 26.2 Å². The second-order valence-electron chi connectivity index (χ2n) is 5.66. The molecule has 1 aliphatic rings. The Morgan fingerprint density at radius 2 is 2.14 bits per heavy atom. The van der Waals surface area contributed by atoms with Crippen molar-refractivity contribution in [1.29, 1.82) is 0 Å². The summed E-state index contributed by atoms with van der Waals surface area (Å²) < 4.78 is 6.20. The van der Waals surface area contributed by atoms with Crippen molar-refractivity contribution < 1.29 is 9.53 Å². The molecule has 2 rings (SSSR count). The van der Waals surface area contributed by atoms with Crippen molar-refractivity contribution in [2.75, 3.05) is 25.5 Å². The summed E-state index contributed by atoms with van der Waals surface area (Å²) in [4.78, 5) is 12.2. The average molecular weight is 392 g/mol. The Morgan fingerprint density at radius 1 is 1.45 bits per heavy atom. The third-order valence-electron chi connectivity index (χ3n) is 4.13. The highest BCUT2D eigenvalue weighted by atomic mass is 79.9. The molecule has 0 aliphatic carbocycles. The monoisotopic (exact) mass is 390 g/mol. The summed E-state index contributed by atoms with van der Waals surface area (Å²) in [5.41, 5.74) is 0.717. The Kier molecular flexibility index (Phi) is 8.21. The lowest BCUT2D eigenvalue weighted by atomic mass is 9.84. The first kappa shape index (κ1) is 19.3. The Labute approximate surface area is 146 Å². The van der Waals surface area contributed by atoms with Crippen LogP contribution < -0.4 is 15.4 Å². The van der Waals surface area contributed by atoms with Gasteiger partial charge < -0.3 is 15.4 Å². The van der Waals surface area contributed by atoms with E-state index in [9.17, 15) is 4.79 Å². The maximum Gasteiger partial charge on any atom is 0.224 e. The summed E-state index contributed by atoms with van der Waals surface area (Å²) >= 11 is 3.42. The summed E-state index contributed by atoms with van der Waals surface area (Å²) in [6.07, 6.45) is 2.88. The van der Waals surface area contributed by atoms with Crippen LogP contribution in [0.2, 0.25) is 0 Å². The van der Waals surface area contributed by atoms with Crippen LogP contribution in [0.1, 0.15) is 26.2 Å². The van der Waals surface area contributed by atoms with Crippen LogP contribution in [-0.2, 0) is 4.79 Å². The van der Waals surface area contributed by atoms with Gasteiger partial charge >= 0.3 is 0 Å². The quantitative estimate of drug-likeness (QED) is 0.801. The molecule has 0 bridgehead atoms. The zero-order valence-electron chi connectivity index (χ0n) is 13.0. The number of carbonyl (C=O) groups is 1. The van der Waals surface area contributed by atoms with Crippen molar-refractivity contribution >= 4 is 39.9 Å². The van der Waals surface area contributed by atoms with Crippen molar-refractivity contribution in [1.82, 2.24) is 5.32 Å². The molecule has 1 heterocycles. The normalized spacial score (nSPS) is 16.5. The van der Waals surface area contributed by atoms with Gasteiger partial charge in [-0.3, -0.25) is 4.79 Å². The van der Waals surface area contributed by atoms with Crippen LogP contribution in [0.4, 0.5) is 5.69 Å². The summed E-state index contributed by atoms with van der Waals surface area (Å²) in [5, 5.41) is 6.32. The molecule has 1 aromatic carbocycles. The van der Waals surface area contributed by atoms with E-state index in [2.05, 4.69) is 33.5 Å². The van der Waals surface area contributed by atoms with E-state index in [0.717, 1.165) is 36.1 Å². The van der Waals surface area contributed by atoms with E-state index in [1.165, 1.54) is 0 Å². The highest BCUT2D eigenvalue weighted by Gasteiger charge is 2.22. The lowest BCUT2D eigenvalue weighted by Crippen LogP contribution is -2.32. The first-order valence-corrected chi connectivity index (χ1v) is 8.23. The van der Waals surface area contributed by atoms with Crippen molar-refractivity contribution in [3.05, 3.63) is 22.7 Å². The molecule has 124 valence electrons. The summed E-state index contributed by atoms with van der Waals surface area (Å²) in [7, 11) is 1.61. The van der Waals surface area contributed by atoms with E-state index in [4.69, 9.17) is 4.74 Å². The number of nitrogens with one attached hydrogen (secondary N) is 2. The fraction of sp³-hybridized carbons (Fsp3) is 0.562. The number of ether oxygens (including phenoxy) is 1. The lowest BCUT2D eigenvalue weighted by Gasteiger charge is -2.28. The van der Waals surface area contributed by atoms with Crippen LogP contribution in [0.3, 0.4) is 0 Å². The number of halogens is 2. The van der Waals surface area contributed by atoms with Gasteiger partial charge in [-0.1, -0.05) is 22.9 Å². The van der Waals surface area contributed by atoms with Crippen molar-refractivity contribution in [2.24, 2.45) is 11.8 Å². The van der Waals surface area contributed by atoms with E-state index >= 15 is 0 Å². The number of hydrogen-bond donors (Lipinski definition) is 2. The van der Waals surface area contributed by atoms with Gasteiger partial charge in [0.2, 0.25) is 5.91 Å². The van der Waals surface area contributed by atoms with E-state index in [-0.39, 0.29) is 18.3 Å². The summed E-state index contributed by atoms with van der Waals surface area (Å²) in [6.45, 7) is 4.31. The molecule has 0 aromatic heterocycles. The predicted molar refractivity (Wildman–Crippen MR) is 95.9 cm³/mol. The maximum atomic E-state index is 12.2. The van der Waals surface area contributed by atoms with Crippen LogP contribution >= 0.6 is 28.3 Å². The Balaban J connectivity index is 0.00000242. The van der Waals surface area contributed by atoms with Crippen LogP contribution in [0.15, 0.2) is 22.7 Å². The van der Waals surface area contributed by atoms with E-state index in [0.29, 0.717) is 24.0 Å². The van der Waals surface area contributed by atoms with Crippen molar-refractivity contribution in [3.63, 3.8) is 0 Å². The Hall–Kier alpha value is -0.780. The van der Waals surface area contributed by atoms with Crippen LogP contribution in [0.5, 0.6) is 5.75 Å². The number of hydrogen-bond acceptors (Lipinski definition) is 3. The molecule has 1 amide bonds. The fourth-order valence-corrected chi connectivity index (χ4v) is 3.21. The number of amides is 1. The highest BCUT2D eigenvalue weighted by molar-refractivity contribution is 9.10. The topological polar surface area (TPSA) is 50.4 Å². The molecule has 1 saturated heterocycles. The average Bonchev–Trinajstić information content (AvgIpc) is 2.48. The molecule has 1 aliphatic heterocycles. The molecule has 0 radical (unpaired) electrons. The first-order chi connectivity index (χ1) is 10.1. The first-order valence-electron chi connectivity index (χ1n) is 7.44. The summed E-state index contributed by atoms with van der Waals surface area (Å²) in [6, 6.07) is 5.61. The molecule has 1 aromatic rings. The Morgan fingerprint density at radius 3 is 2.77 bits per heavy atom. The third kappa shape index (κ3) is 5.45. The zero-order chi connectivity index (χ0) is 15.2. The van der Waals surface area contributed by atoms with Gasteiger partial charge in [0, 0.05) is 10.9 Å². The SMILES string of the molecule is COc1ccc(Br)cc1NC(=O)CC(C)C1CCNCC1.Cl. The minimum atomic E-state index is 0. The highest BCUT2D eigenvalue weighted by Crippen LogP contribution is 2.29. The largest absolute Gasteiger partial charge is 0.495 e. The molecule has 22 heavy (non-hydrogen) atoms. The number of rotatable bonds is 5. The number of anilines is 1. The van der Waals surface area contributed by atoms with Gasteiger partial charge in [-0.2, -0.15) is 0 Å². The van der Waals surface area contributed by atoms with Gasteiger partial charge in [0.15, 0.2) is 0 Å². The molecule has 1 atom stereocenters. The van der Waals surface area contributed by atoms with Gasteiger partial charge in [-0.15, -0.1) is 12.4 Å². The molecular formula is C16H24BrClN2O2. The van der Waals surface area contributed by atoms with Crippen molar-refractivity contribution in [3.8, 4) is 5.75 Å². The standard InChI is InChI=1S/C16H23BrN2O2.ClH/c1-11(12-5-7-18-8-6-12)9-16(20)19-14-10-13(17)3-4-15(14)21-2;/h3-4,10-12,18H,5-9H2,1-2H3,(H,19,20);1H. The van der Waals surface area contributed by atoms with Gasteiger partial charge in [-0.05, 0) is 56.0 Å². The number of piperidine rings is 1. The second kappa shape index (κ2) is 9.38. The minimum absolute atomic E-state index is 0. The number of carbonyl (C=O) groups excluding carboxylic acids is 1. The zero-order valence-corrected chi connectivity index (χ0v) is 15.4. The molecule has 6 heteroatoms. The molecule has 4 nitrogen and oxygen atoms in total. The fourth-order valence-electron chi connectivity index (χ4n) is 2.85. The maximum absolute atomic E-state index is 12.2. The van der Waals surface area contributed by atoms with E-state index in [1.807, 2.05) is 18.2 Å². The predicted octanol–water partition coefficient (Wildman–Crippen LogP) is 3.84. The third-order valence-corrected chi connectivity index (χ3v) is 4.62. The molecule has 2 N–H and O–H groups in total. The van der Waals surface area contributed by atoms with Gasteiger partial charge in [-0.25, -0.2) is 0 Å². The lowest BCUT2D eigenvalue weighted by molar-refractivity contribution is -0.117. The van der Waals surface area contributed by atoms with Gasteiger partial charge in [0.05, 0.1) is 12.8 Å². The van der Waals surface area contributed by atoms with Crippen LogP contribution in [-0.4, -0.2) is 26.1 Å². The smallest absolute Gasteiger partial charge is 0.224 e. The van der Waals surface area contributed by atoms with Crippen LogP contribution in [0, 0.1) is 11.8 Å². The van der Waals surface area contributed by atoms with Gasteiger partial charge in [0.25, 0.3) is 0 Å². The molecule has 1 fully saturated rings. The number of methoxy groups -OCH3 is 1. The van der Waals surface area contributed by atoms with Gasteiger partial charge in [0.1, 0.15) is 5.75 Å². The molecule has 0 spiro atoms. The minimum Gasteiger partial charge on any atom is -0.495 e. The molecule has 0 saturated carbocycles. The van der Waals surface area contributed by atoms with E-state index in [1.54, 1.807) is 7.11 Å². The molecule has 1 unspecified atom stereocenters.